The van der Waals surface area contributed by atoms with Gasteiger partial charge in [0.1, 0.15) is 4.21 Å². The molecule has 3 N–H and O–H groups in total. The van der Waals surface area contributed by atoms with Crippen molar-refractivity contribution in [3.05, 3.63) is 52.4 Å². The van der Waals surface area contributed by atoms with Gasteiger partial charge in [0, 0.05) is 5.38 Å². The molecule has 1 fully saturated rings. The van der Waals surface area contributed by atoms with Crippen LogP contribution in [0.1, 0.15) is 47.2 Å². The Morgan fingerprint density at radius 3 is 2.54 bits per heavy atom. The van der Waals surface area contributed by atoms with Crippen molar-refractivity contribution in [1.82, 2.24) is 5.32 Å². The predicted octanol–water partition coefficient (Wildman–Crippen LogP) is 2.90. The van der Waals surface area contributed by atoms with Crippen molar-refractivity contribution in [2.75, 3.05) is 0 Å². The third-order valence-electron chi connectivity index (χ3n) is 4.50. The lowest BCUT2D eigenvalue weighted by atomic mass is 9.87. The van der Waals surface area contributed by atoms with Crippen LogP contribution in [0, 0.1) is 6.92 Å². The van der Waals surface area contributed by atoms with Crippen LogP contribution in [0.5, 0.6) is 0 Å². The molecule has 1 saturated carbocycles. The highest BCUT2D eigenvalue weighted by Crippen LogP contribution is 2.39. The number of nitrogens with two attached hydrogens (primary N) is 1. The Kier molecular flexibility index (Phi) is 4.50. The highest BCUT2D eigenvalue weighted by molar-refractivity contribution is 7.91. The Bertz CT molecular complexity index is 865. The molecule has 1 amide bonds. The van der Waals surface area contributed by atoms with E-state index in [0.717, 1.165) is 48.1 Å². The Balaban J connectivity index is 1.89. The maximum atomic E-state index is 12.7. The maximum Gasteiger partial charge on any atom is 0.252 e. The number of carbonyl (C=O) groups excluding carboxylic acids is 1. The summed E-state index contributed by atoms with van der Waals surface area (Å²) in [5.74, 6) is -0.260. The zero-order valence-electron chi connectivity index (χ0n) is 13.4. The third-order valence-corrected chi connectivity index (χ3v) is 6.88. The van der Waals surface area contributed by atoms with Crippen LogP contribution in [-0.4, -0.2) is 14.3 Å². The monoisotopic (exact) mass is 364 g/mol. The fourth-order valence-corrected chi connectivity index (χ4v) is 4.87. The third kappa shape index (κ3) is 3.38. The van der Waals surface area contributed by atoms with Gasteiger partial charge < -0.3 is 5.32 Å². The number of sulfonamides is 1. The van der Waals surface area contributed by atoms with Crippen molar-refractivity contribution >= 4 is 27.3 Å². The van der Waals surface area contributed by atoms with Gasteiger partial charge in [0.15, 0.2) is 0 Å². The number of nitrogens with one attached hydrogen (secondary N) is 1. The fraction of sp³-hybridized carbons (Fsp3) is 0.353. The topological polar surface area (TPSA) is 89.3 Å². The van der Waals surface area contributed by atoms with E-state index in [2.05, 4.69) is 11.4 Å². The summed E-state index contributed by atoms with van der Waals surface area (Å²) >= 11 is 0.966. The SMILES string of the molecule is Cc1cccc(C2(NC(=O)c3csc(S(N)(=O)=O)c3)CCCC2)c1. The second kappa shape index (κ2) is 6.31. The first kappa shape index (κ1) is 17.1. The fourth-order valence-electron chi connectivity index (χ4n) is 3.28. The van der Waals surface area contributed by atoms with Crippen LogP contribution in [-0.2, 0) is 15.6 Å². The average Bonchev–Trinajstić information content (AvgIpc) is 3.16. The highest BCUT2D eigenvalue weighted by atomic mass is 32.2. The summed E-state index contributed by atoms with van der Waals surface area (Å²) in [6, 6.07) is 9.52. The smallest absolute Gasteiger partial charge is 0.252 e. The van der Waals surface area contributed by atoms with Crippen molar-refractivity contribution in [2.24, 2.45) is 5.14 Å². The molecule has 1 heterocycles. The molecule has 0 saturated heterocycles. The summed E-state index contributed by atoms with van der Waals surface area (Å²) in [6.07, 6.45) is 3.88. The molecule has 1 aromatic carbocycles. The van der Waals surface area contributed by atoms with E-state index in [1.807, 2.05) is 25.1 Å². The number of amides is 1. The van der Waals surface area contributed by atoms with Crippen LogP contribution in [0.2, 0.25) is 0 Å². The van der Waals surface area contributed by atoms with E-state index in [-0.39, 0.29) is 15.7 Å². The molecule has 0 spiro atoms. The number of carbonyl (C=O) groups is 1. The standard InChI is InChI=1S/C17H20N2O3S2/c1-12-5-4-6-14(9-12)17(7-2-3-8-17)19-16(20)13-10-15(23-11-13)24(18,21)22/h4-6,9-11H,2-3,7-8H2,1H3,(H,19,20)(H2,18,21,22). The lowest BCUT2D eigenvalue weighted by molar-refractivity contribution is 0.0898. The molecular formula is C17H20N2O3S2. The minimum atomic E-state index is -3.78. The van der Waals surface area contributed by atoms with E-state index in [1.54, 1.807) is 0 Å². The Hall–Kier alpha value is -1.70. The lowest BCUT2D eigenvalue weighted by Crippen LogP contribution is -2.43. The number of primary sulfonamides is 1. The summed E-state index contributed by atoms with van der Waals surface area (Å²) in [4.78, 5) is 12.7. The zero-order chi connectivity index (χ0) is 17.4. The minimum absolute atomic E-state index is 0.00341. The molecular weight excluding hydrogens is 344 g/mol. The second-order valence-corrected chi connectivity index (χ2v) is 9.01. The predicted molar refractivity (Wildman–Crippen MR) is 94.5 cm³/mol. The first-order chi connectivity index (χ1) is 11.3. The summed E-state index contributed by atoms with van der Waals surface area (Å²) in [5, 5.41) is 9.80. The summed E-state index contributed by atoms with van der Waals surface area (Å²) in [7, 11) is -3.78. The molecule has 7 heteroatoms. The number of thiophene rings is 1. The molecule has 2 aromatic rings. The van der Waals surface area contributed by atoms with Gasteiger partial charge in [0.05, 0.1) is 11.1 Å². The van der Waals surface area contributed by atoms with Crippen molar-refractivity contribution in [1.29, 1.82) is 0 Å². The summed E-state index contributed by atoms with van der Waals surface area (Å²) in [6.45, 7) is 2.03. The van der Waals surface area contributed by atoms with Gasteiger partial charge in [0.2, 0.25) is 10.0 Å². The molecule has 24 heavy (non-hydrogen) atoms. The normalized spacial score (nSPS) is 16.9. The second-order valence-electron chi connectivity index (χ2n) is 6.31. The first-order valence-electron chi connectivity index (χ1n) is 7.81. The number of benzene rings is 1. The number of hydrogen-bond donors (Lipinski definition) is 2. The number of rotatable bonds is 4. The van der Waals surface area contributed by atoms with E-state index in [1.165, 1.54) is 11.4 Å². The molecule has 128 valence electrons. The molecule has 0 bridgehead atoms. The van der Waals surface area contributed by atoms with Crippen molar-refractivity contribution in [3.63, 3.8) is 0 Å². The average molecular weight is 364 g/mol. The van der Waals surface area contributed by atoms with E-state index >= 15 is 0 Å². The van der Waals surface area contributed by atoms with Gasteiger partial charge in [-0.25, -0.2) is 13.6 Å². The molecule has 1 aliphatic rings. The van der Waals surface area contributed by atoms with Gasteiger partial charge in [-0.2, -0.15) is 0 Å². The van der Waals surface area contributed by atoms with Crippen LogP contribution in [0.15, 0.2) is 39.9 Å². The molecule has 3 rings (SSSR count). The summed E-state index contributed by atoms with van der Waals surface area (Å²) < 4.78 is 22.8. The van der Waals surface area contributed by atoms with Gasteiger partial charge in [-0.05, 0) is 31.4 Å². The van der Waals surface area contributed by atoms with E-state index in [0.29, 0.717) is 5.56 Å². The lowest BCUT2D eigenvalue weighted by Gasteiger charge is -2.31. The van der Waals surface area contributed by atoms with Crippen LogP contribution in [0.4, 0.5) is 0 Å². The van der Waals surface area contributed by atoms with E-state index < -0.39 is 10.0 Å². The molecule has 0 atom stereocenters. The highest BCUT2D eigenvalue weighted by Gasteiger charge is 2.37. The Labute approximate surface area is 145 Å². The maximum absolute atomic E-state index is 12.7. The quantitative estimate of drug-likeness (QED) is 0.874. The van der Waals surface area contributed by atoms with Crippen LogP contribution in [0.3, 0.4) is 0 Å². The van der Waals surface area contributed by atoms with Gasteiger partial charge >= 0.3 is 0 Å². The van der Waals surface area contributed by atoms with E-state index in [9.17, 15) is 13.2 Å². The molecule has 5 nitrogen and oxygen atoms in total. The van der Waals surface area contributed by atoms with Gasteiger partial charge in [0.25, 0.3) is 5.91 Å². The molecule has 0 unspecified atom stereocenters. The van der Waals surface area contributed by atoms with Crippen molar-refractivity contribution < 1.29 is 13.2 Å². The van der Waals surface area contributed by atoms with Crippen molar-refractivity contribution in [3.8, 4) is 0 Å². The number of aryl methyl sites for hydroxylation is 1. The number of hydrogen-bond acceptors (Lipinski definition) is 4. The Morgan fingerprint density at radius 1 is 1.25 bits per heavy atom. The largest absolute Gasteiger partial charge is 0.342 e. The van der Waals surface area contributed by atoms with Crippen LogP contribution >= 0.6 is 11.3 Å². The molecule has 1 aromatic heterocycles. The van der Waals surface area contributed by atoms with Crippen LogP contribution < -0.4 is 10.5 Å². The van der Waals surface area contributed by atoms with E-state index in [4.69, 9.17) is 5.14 Å². The summed E-state index contributed by atoms with van der Waals surface area (Å²) in [5.41, 5.74) is 2.21. The van der Waals surface area contributed by atoms with Crippen LogP contribution in [0.25, 0.3) is 0 Å². The molecule has 0 radical (unpaired) electrons. The Morgan fingerprint density at radius 2 is 1.96 bits per heavy atom. The molecule has 0 aliphatic heterocycles. The zero-order valence-corrected chi connectivity index (χ0v) is 15.0. The van der Waals surface area contributed by atoms with Gasteiger partial charge in [-0.1, -0.05) is 42.7 Å². The van der Waals surface area contributed by atoms with Gasteiger partial charge in [-0.3, -0.25) is 4.79 Å². The van der Waals surface area contributed by atoms with Crippen molar-refractivity contribution in [2.45, 2.75) is 42.4 Å². The first-order valence-corrected chi connectivity index (χ1v) is 10.2. The molecule has 1 aliphatic carbocycles. The van der Waals surface area contributed by atoms with Gasteiger partial charge in [-0.15, -0.1) is 11.3 Å². The minimum Gasteiger partial charge on any atom is -0.342 e.